The molecule has 0 saturated carbocycles. The topological polar surface area (TPSA) is 123 Å². The van der Waals surface area contributed by atoms with E-state index in [0.717, 1.165) is 54.7 Å². The maximum absolute atomic E-state index is 13.9. The number of ether oxygens (including phenoxy) is 1. The lowest BCUT2D eigenvalue weighted by atomic mass is 10.0. The summed E-state index contributed by atoms with van der Waals surface area (Å²) < 4.78 is 61.3. The maximum atomic E-state index is 13.9. The zero-order valence-corrected chi connectivity index (χ0v) is 26.4. The number of rotatable bonds is 10. The summed E-state index contributed by atoms with van der Waals surface area (Å²) in [6, 6.07) is 7.90. The Morgan fingerprint density at radius 1 is 1.11 bits per heavy atom. The number of likely N-dealkylation sites (N-methyl/N-ethyl adjacent to an activating group) is 1. The number of carbonyl (C=O) groups excluding carboxylic acids is 1. The van der Waals surface area contributed by atoms with Crippen LogP contribution in [-0.4, -0.2) is 86.7 Å². The number of nitrogens with zero attached hydrogens (tertiary/aromatic N) is 4. The highest BCUT2D eigenvalue weighted by molar-refractivity contribution is 7.89. The molecule has 1 unspecified atom stereocenters. The Labute approximate surface area is 256 Å². The molecular weight excluding hydrogens is 592 g/mol. The van der Waals surface area contributed by atoms with E-state index in [-0.39, 0.29) is 18.4 Å². The number of carbonyl (C=O) groups is 1. The summed E-state index contributed by atoms with van der Waals surface area (Å²) in [4.78, 5) is 17.8. The number of aromatic amines is 1. The molecule has 0 spiro atoms. The molecule has 1 amide bonds. The van der Waals surface area contributed by atoms with Crippen LogP contribution in [-0.2, 0) is 26.8 Å². The molecule has 3 N–H and O–H groups in total. The molecule has 3 aromatic rings. The van der Waals surface area contributed by atoms with Crippen LogP contribution in [0.2, 0.25) is 0 Å². The fourth-order valence-corrected chi connectivity index (χ4v) is 7.47. The molecule has 0 bridgehead atoms. The number of halogens is 2. The Morgan fingerprint density at radius 2 is 1.80 bits per heavy atom. The summed E-state index contributed by atoms with van der Waals surface area (Å²) in [5, 5.41) is 13.5. The van der Waals surface area contributed by atoms with E-state index in [1.165, 1.54) is 0 Å². The number of amides is 1. The predicted molar refractivity (Wildman–Crippen MR) is 164 cm³/mol. The van der Waals surface area contributed by atoms with E-state index in [1.807, 2.05) is 19.1 Å². The first kappa shape index (κ1) is 31.8. The van der Waals surface area contributed by atoms with Gasteiger partial charge >= 0.3 is 0 Å². The van der Waals surface area contributed by atoms with Crippen LogP contribution >= 0.6 is 0 Å². The highest BCUT2D eigenvalue weighted by atomic mass is 32.2. The molecule has 44 heavy (non-hydrogen) atoms. The number of hydrogen-bond donors (Lipinski definition) is 3. The molecule has 1 saturated heterocycles. The third-order valence-electron chi connectivity index (χ3n) is 8.33. The average Bonchev–Trinajstić information content (AvgIpc) is 3.49. The Kier molecular flexibility index (Phi) is 8.99. The van der Waals surface area contributed by atoms with Crippen molar-refractivity contribution < 1.29 is 26.7 Å². The van der Waals surface area contributed by atoms with Gasteiger partial charge in [-0.2, -0.15) is 9.40 Å². The quantitative estimate of drug-likeness (QED) is 0.307. The standard InChI is InChI=1S/C30H39F2N7O4S/c1-19(8-13-43-5)33-26-17-22(38-11-9-37(4)10-12-38)6-7-24(26)29(40)34-28-25-18-39(30(2,3)27(25)35-36-28)44(41,42)23-15-20(31)14-21(32)16-23/h6-7,14-17,19,33H,8-13,18H2,1-5H3,(H2,34,35,36,40). The van der Waals surface area contributed by atoms with Gasteiger partial charge in [0, 0.05) is 75.5 Å². The first-order valence-electron chi connectivity index (χ1n) is 14.5. The van der Waals surface area contributed by atoms with E-state index in [1.54, 1.807) is 27.0 Å². The number of sulfonamides is 1. The molecule has 1 fully saturated rings. The molecule has 11 nitrogen and oxygen atoms in total. The van der Waals surface area contributed by atoms with Gasteiger partial charge < -0.3 is 25.2 Å². The minimum Gasteiger partial charge on any atom is -0.385 e. The molecule has 14 heteroatoms. The molecule has 1 atom stereocenters. The van der Waals surface area contributed by atoms with E-state index < -0.39 is 38.0 Å². The van der Waals surface area contributed by atoms with Crippen LogP contribution in [0.25, 0.3) is 0 Å². The van der Waals surface area contributed by atoms with Gasteiger partial charge in [0.15, 0.2) is 5.82 Å². The Morgan fingerprint density at radius 3 is 2.45 bits per heavy atom. The number of fused-ring (bicyclic) bond motifs is 1. The number of piperazine rings is 1. The summed E-state index contributed by atoms with van der Waals surface area (Å²) in [6.45, 7) is 9.38. The number of hydrogen-bond acceptors (Lipinski definition) is 8. The van der Waals surface area contributed by atoms with Crippen molar-refractivity contribution in [1.82, 2.24) is 19.4 Å². The van der Waals surface area contributed by atoms with Gasteiger partial charge in [-0.05, 0) is 64.6 Å². The van der Waals surface area contributed by atoms with Crippen molar-refractivity contribution in [3.8, 4) is 0 Å². The minimum absolute atomic E-state index is 0.0195. The van der Waals surface area contributed by atoms with Crippen LogP contribution in [0, 0.1) is 11.6 Å². The second-order valence-corrected chi connectivity index (χ2v) is 13.8. The minimum atomic E-state index is -4.31. The first-order chi connectivity index (χ1) is 20.8. The van der Waals surface area contributed by atoms with Crippen LogP contribution in [0.15, 0.2) is 41.3 Å². The smallest absolute Gasteiger partial charge is 0.258 e. The summed E-state index contributed by atoms with van der Waals surface area (Å²) in [5.41, 5.74) is 1.88. The van der Waals surface area contributed by atoms with Crippen LogP contribution in [0.5, 0.6) is 0 Å². The molecule has 2 aromatic carbocycles. The summed E-state index contributed by atoms with van der Waals surface area (Å²) >= 11 is 0. The van der Waals surface area contributed by atoms with Gasteiger partial charge in [0.2, 0.25) is 10.0 Å². The summed E-state index contributed by atoms with van der Waals surface area (Å²) in [6.07, 6.45) is 0.734. The van der Waals surface area contributed by atoms with Crippen LogP contribution in [0.3, 0.4) is 0 Å². The van der Waals surface area contributed by atoms with E-state index >= 15 is 0 Å². The largest absolute Gasteiger partial charge is 0.385 e. The number of benzene rings is 2. The lowest BCUT2D eigenvalue weighted by Crippen LogP contribution is -2.44. The lowest BCUT2D eigenvalue weighted by Gasteiger charge is -2.34. The van der Waals surface area contributed by atoms with Gasteiger partial charge in [-0.3, -0.25) is 9.89 Å². The molecule has 3 heterocycles. The highest BCUT2D eigenvalue weighted by Gasteiger charge is 2.48. The number of H-pyrrole nitrogens is 1. The van der Waals surface area contributed by atoms with E-state index in [9.17, 15) is 22.0 Å². The Bertz CT molecular complexity index is 1620. The van der Waals surface area contributed by atoms with Crippen molar-refractivity contribution in [3.05, 3.63) is 64.9 Å². The van der Waals surface area contributed by atoms with E-state index in [4.69, 9.17) is 4.74 Å². The zero-order chi connectivity index (χ0) is 31.8. The molecule has 0 aliphatic carbocycles. The monoisotopic (exact) mass is 631 g/mol. The number of methoxy groups -OCH3 is 1. The zero-order valence-electron chi connectivity index (χ0n) is 25.6. The van der Waals surface area contributed by atoms with Crippen molar-refractivity contribution in [3.63, 3.8) is 0 Å². The molecule has 0 radical (unpaired) electrons. The number of anilines is 3. The van der Waals surface area contributed by atoms with E-state index in [2.05, 4.69) is 37.7 Å². The molecule has 1 aromatic heterocycles. The number of nitrogens with one attached hydrogen (secondary N) is 3. The van der Waals surface area contributed by atoms with Crippen molar-refractivity contribution in [2.24, 2.45) is 0 Å². The van der Waals surface area contributed by atoms with Gasteiger partial charge in [0.1, 0.15) is 11.6 Å². The Balaban J connectivity index is 1.41. The van der Waals surface area contributed by atoms with E-state index in [0.29, 0.717) is 35.2 Å². The second kappa shape index (κ2) is 12.4. The fraction of sp³-hybridized carbons (Fsp3) is 0.467. The van der Waals surface area contributed by atoms with Crippen molar-refractivity contribution in [2.75, 3.05) is 62.5 Å². The van der Waals surface area contributed by atoms with Crippen LogP contribution in [0.1, 0.15) is 48.8 Å². The molecule has 2 aliphatic rings. The Hall–Kier alpha value is -3.59. The average molecular weight is 632 g/mol. The SMILES string of the molecule is COCCC(C)Nc1cc(N2CCN(C)CC2)ccc1C(=O)Nc1n[nH]c2c1CN(S(=O)(=O)c1cc(F)cc(F)c1)C2(C)C. The first-order valence-corrected chi connectivity index (χ1v) is 16.0. The highest BCUT2D eigenvalue weighted by Crippen LogP contribution is 2.44. The predicted octanol–water partition coefficient (Wildman–Crippen LogP) is 3.97. The normalized spacial score (nSPS) is 17.8. The maximum Gasteiger partial charge on any atom is 0.258 e. The summed E-state index contributed by atoms with van der Waals surface area (Å²) in [7, 11) is -0.568. The fourth-order valence-electron chi connectivity index (χ4n) is 5.70. The summed E-state index contributed by atoms with van der Waals surface area (Å²) in [5.74, 6) is -2.22. The van der Waals surface area contributed by atoms with Crippen molar-refractivity contribution in [1.29, 1.82) is 0 Å². The van der Waals surface area contributed by atoms with Gasteiger partial charge in [-0.1, -0.05) is 0 Å². The van der Waals surface area contributed by atoms with Crippen LogP contribution in [0.4, 0.5) is 26.0 Å². The van der Waals surface area contributed by atoms with Crippen molar-refractivity contribution >= 4 is 33.1 Å². The van der Waals surface area contributed by atoms with Gasteiger partial charge in [-0.25, -0.2) is 17.2 Å². The second-order valence-electron chi connectivity index (χ2n) is 11.9. The molecule has 5 rings (SSSR count). The third-order valence-corrected chi connectivity index (χ3v) is 10.3. The third kappa shape index (κ3) is 6.29. The number of aromatic nitrogens is 2. The molecule has 238 valence electrons. The molecular formula is C30H39F2N7O4S. The van der Waals surface area contributed by atoms with Gasteiger partial charge in [0.05, 0.1) is 21.7 Å². The van der Waals surface area contributed by atoms with Gasteiger partial charge in [-0.15, -0.1) is 0 Å². The lowest BCUT2D eigenvalue weighted by molar-refractivity contribution is 0.102. The van der Waals surface area contributed by atoms with Gasteiger partial charge in [0.25, 0.3) is 5.91 Å². The van der Waals surface area contributed by atoms with Crippen LogP contribution < -0.4 is 15.5 Å². The van der Waals surface area contributed by atoms with Crippen molar-refractivity contribution in [2.45, 2.75) is 50.2 Å². The molecule has 2 aliphatic heterocycles.